The molecule has 0 N–H and O–H groups in total. The lowest BCUT2D eigenvalue weighted by atomic mass is 10.1. The lowest BCUT2D eigenvalue weighted by Crippen LogP contribution is -2.39. The van der Waals surface area contributed by atoms with Gasteiger partial charge in [0.2, 0.25) is 5.90 Å². The Labute approximate surface area is 129 Å². The summed E-state index contributed by atoms with van der Waals surface area (Å²) >= 11 is 0. The van der Waals surface area contributed by atoms with Crippen molar-refractivity contribution in [2.75, 3.05) is 0 Å². The molecular formula is C18H16N2O2. The third kappa shape index (κ3) is 2.22. The number of hydrogen-bond donors (Lipinski definition) is 0. The summed E-state index contributed by atoms with van der Waals surface area (Å²) in [4.78, 5) is 0. The van der Waals surface area contributed by atoms with E-state index in [0.717, 1.165) is 16.9 Å². The summed E-state index contributed by atoms with van der Waals surface area (Å²) < 4.78 is 11.9. The van der Waals surface area contributed by atoms with Crippen molar-refractivity contribution in [1.29, 1.82) is 0 Å². The summed E-state index contributed by atoms with van der Waals surface area (Å²) in [5.74, 6) is 1.43. The Morgan fingerprint density at radius 1 is 0.864 bits per heavy atom. The van der Waals surface area contributed by atoms with E-state index in [9.17, 15) is 0 Å². The number of rotatable bonds is 2. The molecule has 2 aromatic carbocycles. The summed E-state index contributed by atoms with van der Waals surface area (Å²) in [6.45, 7) is 2.08. The molecule has 0 fully saturated rings. The molecule has 2 heterocycles. The zero-order valence-corrected chi connectivity index (χ0v) is 12.2. The molecule has 4 rings (SSSR count). The smallest absolute Gasteiger partial charge is 0.344 e. The lowest BCUT2D eigenvalue weighted by Gasteiger charge is -2.31. The standard InChI is InChI=1S/C18H16N2O2/c1-13-12-16(14-8-4-2-5-9-14)21-18-20(13)19-17(22-18)15-10-6-3-7-11-15/h2-13,18H,1H3. The van der Waals surface area contributed by atoms with Gasteiger partial charge >= 0.3 is 6.41 Å². The monoisotopic (exact) mass is 292 g/mol. The molecule has 4 nitrogen and oxygen atoms in total. The minimum Gasteiger partial charge on any atom is -0.436 e. The highest BCUT2D eigenvalue weighted by Gasteiger charge is 2.37. The molecule has 2 unspecified atom stereocenters. The quantitative estimate of drug-likeness (QED) is 0.850. The largest absolute Gasteiger partial charge is 0.436 e. The molecule has 0 radical (unpaired) electrons. The molecule has 0 saturated heterocycles. The van der Waals surface area contributed by atoms with Gasteiger partial charge in [-0.15, -0.1) is 5.10 Å². The van der Waals surface area contributed by atoms with E-state index >= 15 is 0 Å². The minimum atomic E-state index is -0.509. The van der Waals surface area contributed by atoms with Gasteiger partial charge in [0, 0.05) is 11.1 Å². The Balaban J connectivity index is 1.59. The van der Waals surface area contributed by atoms with Gasteiger partial charge < -0.3 is 9.47 Å². The van der Waals surface area contributed by atoms with Crippen molar-refractivity contribution in [2.24, 2.45) is 5.10 Å². The van der Waals surface area contributed by atoms with Gasteiger partial charge in [0.25, 0.3) is 0 Å². The highest BCUT2D eigenvalue weighted by molar-refractivity contribution is 5.94. The van der Waals surface area contributed by atoms with Crippen molar-refractivity contribution < 1.29 is 9.47 Å². The molecule has 0 saturated carbocycles. The fraction of sp³-hybridized carbons (Fsp3) is 0.167. The number of benzene rings is 2. The highest BCUT2D eigenvalue weighted by Crippen LogP contribution is 2.31. The van der Waals surface area contributed by atoms with Crippen LogP contribution >= 0.6 is 0 Å². The molecule has 22 heavy (non-hydrogen) atoms. The molecule has 2 aliphatic heterocycles. The van der Waals surface area contributed by atoms with E-state index in [1.54, 1.807) is 0 Å². The molecule has 110 valence electrons. The third-order valence-corrected chi connectivity index (χ3v) is 3.75. The molecule has 4 heteroatoms. The molecule has 0 amide bonds. The van der Waals surface area contributed by atoms with Crippen LogP contribution in [0.3, 0.4) is 0 Å². The first kappa shape index (κ1) is 13.0. The summed E-state index contributed by atoms with van der Waals surface area (Å²) in [5, 5.41) is 6.39. The van der Waals surface area contributed by atoms with Gasteiger partial charge in [-0.2, -0.15) is 0 Å². The number of hydrazone groups is 1. The SMILES string of the molecule is CC1C=C(c2ccccc2)OC2OC(c3ccccc3)=NN12. The van der Waals surface area contributed by atoms with Gasteiger partial charge in [-0.3, -0.25) is 0 Å². The van der Waals surface area contributed by atoms with E-state index in [2.05, 4.69) is 18.1 Å². The molecule has 2 aromatic rings. The summed E-state index contributed by atoms with van der Waals surface area (Å²) in [7, 11) is 0. The van der Waals surface area contributed by atoms with Crippen LogP contribution in [0.4, 0.5) is 0 Å². The Hall–Kier alpha value is -2.75. The van der Waals surface area contributed by atoms with Crippen LogP contribution in [-0.2, 0) is 9.47 Å². The van der Waals surface area contributed by atoms with E-state index in [4.69, 9.17) is 9.47 Å². The second kappa shape index (κ2) is 5.22. The molecule has 0 bridgehead atoms. The first-order valence-corrected chi connectivity index (χ1v) is 7.34. The van der Waals surface area contributed by atoms with Gasteiger partial charge in [-0.1, -0.05) is 48.5 Å². The van der Waals surface area contributed by atoms with Crippen molar-refractivity contribution >= 4 is 11.7 Å². The number of hydrogen-bond acceptors (Lipinski definition) is 4. The lowest BCUT2D eigenvalue weighted by molar-refractivity contribution is -0.133. The van der Waals surface area contributed by atoms with Gasteiger partial charge in [-0.05, 0) is 25.1 Å². The Morgan fingerprint density at radius 3 is 2.18 bits per heavy atom. The van der Waals surface area contributed by atoms with Gasteiger partial charge in [0.05, 0.1) is 6.04 Å². The molecule has 0 aromatic heterocycles. The normalized spacial score (nSPS) is 23.0. The van der Waals surface area contributed by atoms with Gasteiger partial charge in [0.1, 0.15) is 5.76 Å². The first-order chi connectivity index (χ1) is 10.8. The number of ether oxygens (including phenoxy) is 2. The van der Waals surface area contributed by atoms with Crippen molar-refractivity contribution in [2.45, 2.75) is 19.4 Å². The first-order valence-electron chi connectivity index (χ1n) is 7.34. The fourth-order valence-corrected chi connectivity index (χ4v) is 2.60. The predicted octanol–water partition coefficient (Wildman–Crippen LogP) is 3.42. The second-order valence-corrected chi connectivity index (χ2v) is 5.33. The maximum Gasteiger partial charge on any atom is 0.344 e. The topological polar surface area (TPSA) is 34.1 Å². The average molecular weight is 292 g/mol. The van der Waals surface area contributed by atoms with Crippen LogP contribution in [0.1, 0.15) is 18.1 Å². The zero-order valence-electron chi connectivity index (χ0n) is 12.2. The van der Waals surface area contributed by atoms with Crippen LogP contribution < -0.4 is 0 Å². The van der Waals surface area contributed by atoms with E-state index in [0.29, 0.717) is 5.90 Å². The third-order valence-electron chi connectivity index (χ3n) is 3.75. The Morgan fingerprint density at radius 2 is 1.50 bits per heavy atom. The van der Waals surface area contributed by atoms with Crippen LogP contribution in [0.25, 0.3) is 5.76 Å². The second-order valence-electron chi connectivity index (χ2n) is 5.33. The van der Waals surface area contributed by atoms with Crippen LogP contribution in [0.2, 0.25) is 0 Å². The minimum absolute atomic E-state index is 0.107. The number of nitrogens with zero attached hydrogens (tertiary/aromatic N) is 2. The van der Waals surface area contributed by atoms with Crippen LogP contribution in [0.15, 0.2) is 71.8 Å². The maximum absolute atomic E-state index is 5.97. The van der Waals surface area contributed by atoms with Crippen molar-refractivity contribution in [3.05, 3.63) is 77.9 Å². The van der Waals surface area contributed by atoms with Crippen molar-refractivity contribution in [3.8, 4) is 0 Å². The van der Waals surface area contributed by atoms with Crippen LogP contribution in [0.5, 0.6) is 0 Å². The highest BCUT2D eigenvalue weighted by atomic mass is 16.7. The summed E-state index contributed by atoms with van der Waals surface area (Å²) in [5.41, 5.74) is 2.00. The summed E-state index contributed by atoms with van der Waals surface area (Å²) in [6.07, 6.45) is 1.55. The van der Waals surface area contributed by atoms with E-state index in [-0.39, 0.29) is 6.04 Å². The number of fused-ring (bicyclic) bond motifs is 1. The maximum atomic E-state index is 5.97. The molecule has 2 atom stereocenters. The van der Waals surface area contributed by atoms with Crippen molar-refractivity contribution in [1.82, 2.24) is 5.01 Å². The van der Waals surface area contributed by atoms with Gasteiger partial charge in [0.15, 0.2) is 0 Å². The van der Waals surface area contributed by atoms with Crippen LogP contribution in [-0.4, -0.2) is 23.4 Å². The summed E-state index contributed by atoms with van der Waals surface area (Å²) in [6, 6.07) is 20.0. The zero-order chi connectivity index (χ0) is 14.9. The molecule has 0 spiro atoms. The fourth-order valence-electron chi connectivity index (χ4n) is 2.60. The van der Waals surface area contributed by atoms with E-state index in [1.165, 1.54) is 0 Å². The Kier molecular flexibility index (Phi) is 3.07. The van der Waals surface area contributed by atoms with E-state index < -0.39 is 6.41 Å². The van der Waals surface area contributed by atoms with E-state index in [1.807, 2.05) is 65.7 Å². The molecule has 0 aliphatic carbocycles. The van der Waals surface area contributed by atoms with Crippen LogP contribution in [0, 0.1) is 0 Å². The Bertz CT molecular complexity index is 725. The average Bonchev–Trinajstić information content (AvgIpc) is 3.01. The van der Waals surface area contributed by atoms with Crippen molar-refractivity contribution in [3.63, 3.8) is 0 Å². The van der Waals surface area contributed by atoms with Gasteiger partial charge in [-0.25, -0.2) is 5.01 Å². The predicted molar refractivity (Wildman–Crippen MR) is 84.7 cm³/mol. The molecule has 2 aliphatic rings. The molecular weight excluding hydrogens is 276 g/mol.